The fourth-order valence-corrected chi connectivity index (χ4v) is 7.39. The SMILES string of the molecule is CCC(N1C(=O)NC(NC(=O)c2cccnc2)(C(F)(F)F)C1=O)C12CC3CC(CC(C3)C1)C2. The van der Waals surface area contributed by atoms with Crippen molar-refractivity contribution in [2.75, 3.05) is 0 Å². The third kappa shape index (κ3) is 3.32. The van der Waals surface area contributed by atoms with Gasteiger partial charge in [0.15, 0.2) is 0 Å². The highest BCUT2D eigenvalue weighted by Gasteiger charge is 2.71. The largest absolute Gasteiger partial charge is 0.440 e. The predicted molar refractivity (Wildman–Crippen MR) is 111 cm³/mol. The Hall–Kier alpha value is -2.65. The first-order valence-electron chi connectivity index (χ1n) is 11.5. The maximum absolute atomic E-state index is 14.3. The van der Waals surface area contributed by atoms with Gasteiger partial charge in [-0.2, -0.15) is 13.2 Å². The van der Waals surface area contributed by atoms with Crippen molar-refractivity contribution in [3.63, 3.8) is 0 Å². The van der Waals surface area contributed by atoms with Gasteiger partial charge in [-0.15, -0.1) is 0 Å². The molecule has 33 heavy (non-hydrogen) atoms. The Labute approximate surface area is 189 Å². The number of amides is 4. The minimum absolute atomic E-state index is 0.144. The molecule has 2 heterocycles. The third-order valence-electron chi connectivity index (χ3n) is 8.19. The molecule has 2 N–H and O–H groups in total. The Morgan fingerprint density at radius 2 is 1.82 bits per heavy atom. The van der Waals surface area contributed by atoms with Crippen molar-refractivity contribution in [3.8, 4) is 0 Å². The monoisotopic (exact) mass is 464 g/mol. The van der Waals surface area contributed by atoms with Crippen LogP contribution in [0, 0.1) is 23.2 Å². The number of aromatic nitrogens is 1. The fraction of sp³-hybridized carbons (Fsp3) is 0.652. The normalized spacial score (nSPS) is 36.1. The molecule has 4 saturated carbocycles. The Balaban J connectivity index is 1.49. The van der Waals surface area contributed by atoms with Crippen LogP contribution in [0.2, 0.25) is 0 Å². The van der Waals surface area contributed by atoms with E-state index in [-0.39, 0.29) is 11.0 Å². The zero-order chi connectivity index (χ0) is 23.6. The summed E-state index contributed by atoms with van der Waals surface area (Å²) < 4.78 is 43.0. The molecule has 0 radical (unpaired) electrons. The summed E-state index contributed by atoms with van der Waals surface area (Å²) in [7, 11) is 0. The first-order valence-corrected chi connectivity index (χ1v) is 11.5. The molecule has 2 atom stereocenters. The maximum Gasteiger partial charge on any atom is 0.440 e. The standard InChI is InChI=1S/C23H27F3N4O3/c1-2-17(21-9-13-6-14(10-21)8-15(7-13)11-21)30-19(32)22(23(24,25)26,29-20(30)33)28-18(31)16-4-3-5-27-12-16/h3-5,12-15,17H,2,6-11H2,1H3,(H,28,31)(H,29,33). The fourth-order valence-electron chi connectivity index (χ4n) is 7.39. The van der Waals surface area contributed by atoms with Crippen LogP contribution in [-0.2, 0) is 4.79 Å². The number of halogens is 3. The number of urea groups is 1. The van der Waals surface area contributed by atoms with E-state index < -0.39 is 35.7 Å². The van der Waals surface area contributed by atoms with Crippen LogP contribution in [-0.4, -0.2) is 45.6 Å². The molecule has 0 aromatic carbocycles. The zero-order valence-electron chi connectivity index (χ0n) is 18.3. The van der Waals surface area contributed by atoms with Gasteiger partial charge in [-0.05, 0) is 80.2 Å². The van der Waals surface area contributed by atoms with Crippen molar-refractivity contribution in [2.24, 2.45) is 23.2 Å². The van der Waals surface area contributed by atoms with Crippen LogP contribution in [0.3, 0.4) is 0 Å². The van der Waals surface area contributed by atoms with Crippen molar-refractivity contribution in [2.45, 2.75) is 69.8 Å². The Morgan fingerprint density at radius 1 is 1.21 bits per heavy atom. The van der Waals surface area contributed by atoms with E-state index in [1.54, 1.807) is 5.32 Å². The van der Waals surface area contributed by atoms with Gasteiger partial charge in [-0.1, -0.05) is 6.92 Å². The van der Waals surface area contributed by atoms with Gasteiger partial charge in [0.2, 0.25) is 0 Å². The van der Waals surface area contributed by atoms with E-state index in [0.717, 1.165) is 49.6 Å². The summed E-state index contributed by atoms with van der Waals surface area (Å²) in [4.78, 5) is 43.5. The third-order valence-corrected chi connectivity index (χ3v) is 8.19. The highest BCUT2D eigenvalue weighted by molar-refractivity contribution is 6.10. The van der Waals surface area contributed by atoms with Crippen molar-refractivity contribution in [3.05, 3.63) is 30.1 Å². The molecule has 0 spiro atoms. The predicted octanol–water partition coefficient (Wildman–Crippen LogP) is 3.62. The van der Waals surface area contributed by atoms with Gasteiger partial charge in [0.05, 0.1) is 5.56 Å². The minimum atomic E-state index is -5.23. The van der Waals surface area contributed by atoms with Crippen LogP contribution >= 0.6 is 0 Å². The van der Waals surface area contributed by atoms with Gasteiger partial charge in [-0.3, -0.25) is 24.8 Å². The molecule has 5 fully saturated rings. The van der Waals surface area contributed by atoms with Crippen LogP contribution in [0.4, 0.5) is 18.0 Å². The van der Waals surface area contributed by atoms with E-state index in [1.807, 2.05) is 12.2 Å². The molecular weight excluding hydrogens is 437 g/mol. The van der Waals surface area contributed by atoms with Crippen molar-refractivity contribution < 1.29 is 27.6 Å². The Kier molecular flexibility index (Phi) is 4.99. The number of carbonyl (C=O) groups excluding carboxylic acids is 3. The number of rotatable bonds is 5. The van der Waals surface area contributed by atoms with Gasteiger partial charge in [0.25, 0.3) is 17.5 Å². The van der Waals surface area contributed by atoms with Gasteiger partial charge in [0.1, 0.15) is 0 Å². The molecule has 2 unspecified atom stereocenters. The van der Waals surface area contributed by atoms with Gasteiger partial charge in [-0.25, -0.2) is 4.79 Å². The molecule has 4 amide bonds. The lowest BCUT2D eigenvalue weighted by Gasteiger charge is -2.60. The van der Waals surface area contributed by atoms with E-state index in [9.17, 15) is 27.6 Å². The number of imide groups is 1. The average molecular weight is 464 g/mol. The summed E-state index contributed by atoms with van der Waals surface area (Å²) in [5, 5.41) is 3.60. The van der Waals surface area contributed by atoms with Crippen molar-refractivity contribution >= 4 is 17.8 Å². The number of hydrogen-bond donors (Lipinski definition) is 2. The smallest absolute Gasteiger partial charge is 0.314 e. The molecule has 1 aliphatic heterocycles. The van der Waals surface area contributed by atoms with Crippen LogP contribution in [0.15, 0.2) is 24.5 Å². The van der Waals surface area contributed by atoms with E-state index in [4.69, 9.17) is 0 Å². The lowest BCUT2D eigenvalue weighted by Crippen LogP contribution is -2.70. The van der Waals surface area contributed by atoms with Crippen LogP contribution in [0.1, 0.15) is 62.2 Å². The van der Waals surface area contributed by atoms with E-state index in [0.29, 0.717) is 24.2 Å². The van der Waals surface area contributed by atoms with E-state index in [1.165, 1.54) is 18.3 Å². The van der Waals surface area contributed by atoms with Gasteiger partial charge >= 0.3 is 12.2 Å². The Bertz CT molecular complexity index is 948. The first-order chi connectivity index (χ1) is 15.6. The van der Waals surface area contributed by atoms with E-state index in [2.05, 4.69) is 4.98 Å². The number of alkyl halides is 3. The molecule has 178 valence electrons. The van der Waals surface area contributed by atoms with Crippen LogP contribution in [0.25, 0.3) is 0 Å². The zero-order valence-corrected chi connectivity index (χ0v) is 18.3. The number of nitrogens with zero attached hydrogens (tertiary/aromatic N) is 2. The topological polar surface area (TPSA) is 91.4 Å². The summed E-state index contributed by atoms with van der Waals surface area (Å²) in [6.07, 6.45) is 3.49. The molecule has 5 aliphatic rings. The molecule has 10 heteroatoms. The molecule has 7 nitrogen and oxygen atoms in total. The Morgan fingerprint density at radius 3 is 2.30 bits per heavy atom. The summed E-state index contributed by atoms with van der Waals surface area (Å²) in [5.74, 6) is -1.09. The quantitative estimate of drug-likeness (QED) is 0.652. The second-order valence-electron chi connectivity index (χ2n) is 10.3. The molecule has 1 aromatic rings. The second-order valence-corrected chi connectivity index (χ2v) is 10.3. The summed E-state index contributed by atoms with van der Waals surface area (Å²) >= 11 is 0. The van der Waals surface area contributed by atoms with Crippen LogP contribution < -0.4 is 10.6 Å². The molecule has 1 aromatic heterocycles. The average Bonchev–Trinajstić information content (AvgIpc) is 2.99. The highest BCUT2D eigenvalue weighted by atomic mass is 19.4. The van der Waals surface area contributed by atoms with E-state index >= 15 is 0 Å². The molecule has 4 aliphatic carbocycles. The molecule has 6 rings (SSSR count). The minimum Gasteiger partial charge on any atom is -0.314 e. The number of nitrogens with one attached hydrogen (secondary N) is 2. The van der Waals surface area contributed by atoms with Crippen LogP contribution in [0.5, 0.6) is 0 Å². The summed E-state index contributed by atoms with van der Waals surface area (Å²) in [6, 6.07) is 0.941. The van der Waals surface area contributed by atoms with Gasteiger partial charge in [0, 0.05) is 18.4 Å². The van der Waals surface area contributed by atoms with Crippen molar-refractivity contribution in [1.29, 1.82) is 0 Å². The highest BCUT2D eigenvalue weighted by Crippen LogP contribution is 2.62. The number of pyridine rings is 1. The second kappa shape index (κ2) is 7.43. The van der Waals surface area contributed by atoms with Crippen molar-refractivity contribution in [1.82, 2.24) is 20.5 Å². The lowest BCUT2D eigenvalue weighted by molar-refractivity contribution is -0.202. The molecule has 1 saturated heterocycles. The lowest BCUT2D eigenvalue weighted by atomic mass is 9.47. The molecule has 4 bridgehead atoms. The maximum atomic E-state index is 14.3. The number of carbonyl (C=O) groups is 3. The first kappa shape index (κ1) is 22.2. The molecular formula is C23H27F3N4O3. The summed E-state index contributed by atoms with van der Waals surface area (Å²) in [6.45, 7) is 1.81. The van der Waals surface area contributed by atoms with Gasteiger partial charge < -0.3 is 5.32 Å². The summed E-state index contributed by atoms with van der Waals surface area (Å²) in [5.41, 5.74) is -4.01. The number of hydrogen-bond acceptors (Lipinski definition) is 4.